The van der Waals surface area contributed by atoms with Gasteiger partial charge in [-0.15, -0.1) is 0 Å². The summed E-state index contributed by atoms with van der Waals surface area (Å²) in [5.74, 6) is -2.06. The third kappa shape index (κ3) is 3.73. The average Bonchev–Trinajstić information content (AvgIpc) is 2.28. The normalized spacial score (nSPS) is 11.7. The molecule has 6 heteroatoms. The van der Waals surface area contributed by atoms with Crippen molar-refractivity contribution in [2.75, 3.05) is 7.11 Å². The number of amides is 1. The van der Waals surface area contributed by atoms with E-state index in [0.29, 0.717) is 5.56 Å². The molecule has 0 heterocycles. The molecule has 0 aliphatic carbocycles. The van der Waals surface area contributed by atoms with Crippen LogP contribution in [0.25, 0.3) is 0 Å². The van der Waals surface area contributed by atoms with Crippen LogP contribution in [-0.4, -0.2) is 30.1 Å². The van der Waals surface area contributed by atoms with E-state index in [0.717, 1.165) is 0 Å². The molecule has 1 rings (SSSR count). The van der Waals surface area contributed by atoms with E-state index in [9.17, 15) is 14.0 Å². The summed E-state index contributed by atoms with van der Waals surface area (Å²) < 4.78 is 18.1. The molecule has 0 aliphatic heterocycles. The molecular weight excluding hydrogens is 241 g/mol. The molecular formula is C12H14FNO4. The lowest BCUT2D eigenvalue weighted by Crippen LogP contribution is -2.39. The van der Waals surface area contributed by atoms with E-state index in [1.807, 2.05) is 0 Å². The van der Waals surface area contributed by atoms with Crippen molar-refractivity contribution in [2.45, 2.75) is 19.4 Å². The molecule has 1 aromatic rings. The molecule has 0 saturated carbocycles. The molecule has 0 radical (unpaired) electrons. The minimum absolute atomic E-state index is 0.0848. The first-order valence-electron chi connectivity index (χ1n) is 5.28. The number of rotatable bonds is 5. The van der Waals surface area contributed by atoms with Crippen LogP contribution in [0.3, 0.4) is 0 Å². The number of nitrogens with one attached hydrogen (secondary N) is 1. The third-order valence-electron chi connectivity index (χ3n) is 2.33. The van der Waals surface area contributed by atoms with Gasteiger partial charge in [0, 0.05) is 0 Å². The maximum absolute atomic E-state index is 13.3. The van der Waals surface area contributed by atoms with Crippen molar-refractivity contribution in [3.8, 4) is 5.75 Å². The van der Waals surface area contributed by atoms with Crippen LogP contribution >= 0.6 is 0 Å². The molecule has 0 aliphatic rings. The molecule has 0 saturated heterocycles. The number of hydrogen-bond donors (Lipinski definition) is 2. The van der Waals surface area contributed by atoms with Gasteiger partial charge >= 0.3 is 5.97 Å². The highest BCUT2D eigenvalue weighted by atomic mass is 19.1. The summed E-state index contributed by atoms with van der Waals surface area (Å²) in [7, 11) is 1.35. The van der Waals surface area contributed by atoms with E-state index in [1.54, 1.807) is 6.07 Å². The standard InChI is InChI=1S/C12H14FNO4/c1-7(12(16)17)14-11(15)6-8-3-4-10(18-2)9(13)5-8/h3-5,7H,6H2,1-2H3,(H,14,15)(H,16,17). The van der Waals surface area contributed by atoms with E-state index >= 15 is 0 Å². The number of methoxy groups -OCH3 is 1. The highest BCUT2D eigenvalue weighted by Crippen LogP contribution is 2.17. The Morgan fingerprint density at radius 2 is 2.17 bits per heavy atom. The molecule has 0 aromatic heterocycles. The van der Waals surface area contributed by atoms with Gasteiger partial charge in [-0.1, -0.05) is 6.07 Å². The zero-order valence-electron chi connectivity index (χ0n) is 10.1. The zero-order chi connectivity index (χ0) is 13.7. The number of hydrogen-bond acceptors (Lipinski definition) is 3. The maximum atomic E-state index is 13.3. The number of ether oxygens (including phenoxy) is 1. The third-order valence-corrected chi connectivity index (χ3v) is 2.33. The van der Waals surface area contributed by atoms with Gasteiger partial charge in [-0.3, -0.25) is 9.59 Å². The lowest BCUT2D eigenvalue weighted by Gasteiger charge is -2.09. The fourth-order valence-electron chi connectivity index (χ4n) is 1.36. The minimum Gasteiger partial charge on any atom is -0.494 e. The summed E-state index contributed by atoms with van der Waals surface area (Å²) in [4.78, 5) is 22.0. The van der Waals surface area contributed by atoms with Gasteiger partial charge in [0.2, 0.25) is 5.91 Å². The van der Waals surface area contributed by atoms with Crippen LogP contribution in [-0.2, 0) is 16.0 Å². The number of carboxylic acid groups (broad SMARTS) is 1. The van der Waals surface area contributed by atoms with E-state index in [2.05, 4.69) is 5.32 Å². The van der Waals surface area contributed by atoms with E-state index in [1.165, 1.54) is 26.2 Å². The summed E-state index contributed by atoms with van der Waals surface area (Å²) in [5.41, 5.74) is 0.448. The monoisotopic (exact) mass is 255 g/mol. The van der Waals surface area contributed by atoms with Gasteiger partial charge < -0.3 is 15.2 Å². The average molecular weight is 255 g/mol. The summed E-state index contributed by atoms with van der Waals surface area (Å²) in [6.45, 7) is 1.36. The first-order valence-corrected chi connectivity index (χ1v) is 5.28. The molecule has 98 valence electrons. The molecule has 1 amide bonds. The second-order valence-corrected chi connectivity index (χ2v) is 3.77. The van der Waals surface area contributed by atoms with Crippen LogP contribution in [0.2, 0.25) is 0 Å². The van der Waals surface area contributed by atoms with Crippen LogP contribution in [0.4, 0.5) is 4.39 Å². The van der Waals surface area contributed by atoms with E-state index < -0.39 is 23.7 Å². The van der Waals surface area contributed by atoms with Crippen molar-refractivity contribution in [3.05, 3.63) is 29.6 Å². The first kappa shape index (κ1) is 14.0. The van der Waals surface area contributed by atoms with Crippen LogP contribution in [0.15, 0.2) is 18.2 Å². The lowest BCUT2D eigenvalue weighted by atomic mass is 10.1. The number of carboxylic acids is 1. The molecule has 2 N–H and O–H groups in total. The van der Waals surface area contributed by atoms with Crippen LogP contribution < -0.4 is 10.1 Å². The van der Waals surface area contributed by atoms with Gasteiger partial charge in [0.1, 0.15) is 6.04 Å². The quantitative estimate of drug-likeness (QED) is 0.822. The predicted molar refractivity (Wildman–Crippen MR) is 61.9 cm³/mol. The minimum atomic E-state index is -1.12. The highest BCUT2D eigenvalue weighted by Gasteiger charge is 2.14. The Morgan fingerprint density at radius 3 is 2.67 bits per heavy atom. The van der Waals surface area contributed by atoms with Crippen molar-refractivity contribution in [3.63, 3.8) is 0 Å². The smallest absolute Gasteiger partial charge is 0.325 e. The summed E-state index contributed by atoms with van der Waals surface area (Å²) in [6, 6.07) is 3.18. The van der Waals surface area contributed by atoms with Crippen molar-refractivity contribution in [2.24, 2.45) is 0 Å². The van der Waals surface area contributed by atoms with Gasteiger partial charge in [-0.05, 0) is 24.6 Å². The second-order valence-electron chi connectivity index (χ2n) is 3.77. The van der Waals surface area contributed by atoms with Crippen molar-refractivity contribution in [1.29, 1.82) is 0 Å². The Hall–Kier alpha value is -2.11. The zero-order valence-corrected chi connectivity index (χ0v) is 10.1. The Morgan fingerprint density at radius 1 is 1.50 bits per heavy atom. The number of carbonyl (C=O) groups is 2. The van der Waals surface area contributed by atoms with Gasteiger partial charge in [-0.25, -0.2) is 4.39 Å². The van der Waals surface area contributed by atoms with E-state index in [4.69, 9.17) is 9.84 Å². The van der Waals surface area contributed by atoms with Crippen molar-refractivity contribution in [1.82, 2.24) is 5.32 Å². The molecule has 0 bridgehead atoms. The van der Waals surface area contributed by atoms with Gasteiger partial charge in [0.15, 0.2) is 11.6 Å². The van der Waals surface area contributed by atoms with Crippen molar-refractivity contribution >= 4 is 11.9 Å². The molecule has 5 nitrogen and oxygen atoms in total. The van der Waals surface area contributed by atoms with Crippen LogP contribution in [0.1, 0.15) is 12.5 Å². The Labute approximate surface area is 104 Å². The number of benzene rings is 1. The first-order chi connectivity index (χ1) is 8.43. The molecule has 1 unspecified atom stereocenters. The lowest BCUT2D eigenvalue weighted by molar-refractivity contribution is -0.141. The SMILES string of the molecule is COc1ccc(CC(=O)NC(C)C(=O)O)cc1F. The molecule has 18 heavy (non-hydrogen) atoms. The van der Waals surface area contributed by atoms with Crippen LogP contribution in [0.5, 0.6) is 5.75 Å². The summed E-state index contributed by atoms with van der Waals surface area (Å²) in [6.07, 6.45) is -0.0848. The topological polar surface area (TPSA) is 75.6 Å². The van der Waals surface area contributed by atoms with E-state index in [-0.39, 0.29) is 12.2 Å². The summed E-state index contributed by atoms with van der Waals surface area (Å²) in [5, 5.41) is 10.9. The van der Waals surface area contributed by atoms with Gasteiger partial charge in [0.05, 0.1) is 13.5 Å². The molecule has 1 aromatic carbocycles. The fourth-order valence-corrected chi connectivity index (χ4v) is 1.36. The van der Waals surface area contributed by atoms with Crippen LogP contribution in [0, 0.1) is 5.82 Å². The Balaban J connectivity index is 2.65. The molecule has 0 fully saturated rings. The highest BCUT2D eigenvalue weighted by molar-refractivity contribution is 5.84. The molecule has 0 spiro atoms. The second kappa shape index (κ2) is 6.00. The largest absolute Gasteiger partial charge is 0.494 e. The number of carbonyl (C=O) groups excluding carboxylic acids is 1. The predicted octanol–water partition coefficient (Wildman–Crippen LogP) is 0.966. The van der Waals surface area contributed by atoms with Gasteiger partial charge in [0.25, 0.3) is 0 Å². The molecule has 1 atom stereocenters. The fraction of sp³-hybridized carbons (Fsp3) is 0.333. The summed E-state index contributed by atoms with van der Waals surface area (Å²) >= 11 is 0. The Kier molecular flexibility index (Phi) is 4.65. The number of aliphatic carboxylic acids is 1. The Bertz CT molecular complexity index is 461. The number of halogens is 1. The van der Waals surface area contributed by atoms with Gasteiger partial charge in [-0.2, -0.15) is 0 Å². The van der Waals surface area contributed by atoms with Crippen molar-refractivity contribution < 1.29 is 23.8 Å². The maximum Gasteiger partial charge on any atom is 0.325 e.